The molecule has 0 saturated heterocycles. The van der Waals surface area contributed by atoms with Gasteiger partial charge in [0.05, 0.1) is 20.0 Å². The Morgan fingerprint density at radius 1 is 1.05 bits per heavy atom. The summed E-state index contributed by atoms with van der Waals surface area (Å²) in [6, 6.07) is 13.0. The number of nitrogens with one attached hydrogen (secondary N) is 1. The first-order valence-corrected chi connectivity index (χ1v) is 13.4. The number of nitrogens with zero attached hydrogens (tertiary/aromatic N) is 3. The summed E-state index contributed by atoms with van der Waals surface area (Å²) in [7, 11) is 2.88. The maximum atomic E-state index is 13.1. The number of anilines is 1. The summed E-state index contributed by atoms with van der Waals surface area (Å²) in [4.78, 5) is 25.4. The third-order valence-electron chi connectivity index (χ3n) is 5.46. The Balaban J connectivity index is 1.42. The van der Waals surface area contributed by atoms with E-state index in [1.807, 2.05) is 23.6 Å². The molecule has 2 aromatic heterocycles. The van der Waals surface area contributed by atoms with E-state index >= 15 is 0 Å². The maximum absolute atomic E-state index is 13.1. The molecule has 4 rings (SSSR count). The van der Waals surface area contributed by atoms with Crippen molar-refractivity contribution in [3.63, 3.8) is 0 Å². The molecular formula is C26H25FN4O5S2. The number of carbonyl (C=O) groups is 2. The van der Waals surface area contributed by atoms with Gasteiger partial charge >= 0.3 is 5.97 Å². The number of aromatic nitrogens is 3. The highest BCUT2D eigenvalue weighted by molar-refractivity contribution is 7.99. The van der Waals surface area contributed by atoms with Crippen molar-refractivity contribution in [2.75, 3.05) is 25.3 Å². The molecule has 1 amide bonds. The molecule has 1 N–H and O–H groups in total. The summed E-state index contributed by atoms with van der Waals surface area (Å²) in [5, 5.41) is 13.9. The monoisotopic (exact) mass is 556 g/mol. The molecule has 0 aliphatic heterocycles. The van der Waals surface area contributed by atoms with Gasteiger partial charge in [-0.1, -0.05) is 23.9 Å². The van der Waals surface area contributed by atoms with Gasteiger partial charge in [-0.05, 0) is 48.9 Å². The average Bonchev–Trinajstić information content (AvgIpc) is 3.54. The highest BCUT2D eigenvalue weighted by Gasteiger charge is 2.23. The number of hydrogen-bond donors (Lipinski definition) is 1. The fourth-order valence-corrected chi connectivity index (χ4v) is 5.35. The molecule has 9 nitrogen and oxygen atoms in total. The third kappa shape index (κ3) is 6.32. The lowest BCUT2D eigenvalue weighted by Gasteiger charge is -2.10. The molecule has 0 aliphatic carbocycles. The molecule has 0 radical (unpaired) electrons. The Labute approximate surface area is 226 Å². The van der Waals surface area contributed by atoms with Gasteiger partial charge in [-0.3, -0.25) is 4.79 Å². The number of rotatable bonds is 11. The summed E-state index contributed by atoms with van der Waals surface area (Å²) < 4.78 is 30.8. The van der Waals surface area contributed by atoms with Crippen LogP contribution in [0.5, 0.6) is 11.5 Å². The van der Waals surface area contributed by atoms with E-state index in [4.69, 9.17) is 14.2 Å². The van der Waals surface area contributed by atoms with Crippen LogP contribution in [-0.2, 0) is 22.7 Å². The molecule has 0 fully saturated rings. The maximum Gasteiger partial charge on any atom is 0.341 e. The molecule has 0 atom stereocenters. The van der Waals surface area contributed by atoms with Gasteiger partial charge in [-0.2, -0.15) is 0 Å². The summed E-state index contributed by atoms with van der Waals surface area (Å²) >= 11 is 2.46. The molecule has 0 unspecified atom stereocenters. The average molecular weight is 557 g/mol. The summed E-state index contributed by atoms with van der Waals surface area (Å²) in [6.45, 7) is 2.65. The molecule has 0 spiro atoms. The van der Waals surface area contributed by atoms with Gasteiger partial charge in [0.1, 0.15) is 34.5 Å². The molecule has 12 heteroatoms. The van der Waals surface area contributed by atoms with Crippen LogP contribution in [0.1, 0.15) is 23.1 Å². The normalized spacial score (nSPS) is 10.7. The number of esters is 1. The van der Waals surface area contributed by atoms with Gasteiger partial charge in [-0.25, -0.2) is 9.18 Å². The molecule has 0 bridgehead atoms. The van der Waals surface area contributed by atoms with E-state index in [-0.39, 0.29) is 29.6 Å². The predicted octanol–water partition coefficient (Wildman–Crippen LogP) is 5.27. The highest BCUT2D eigenvalue weighted by atomic mass is 32.2. The fourth-order valence-electron chi connectivity index (χ4n) is 3.56. The molecule has 2 aromatic carbocycles. The summed E-state index contributed by atoms with van der Waals surface area (Å²) in [5.74, 6) is 0.637. The zero-order chi connectivity index (χ0) is 27.1. The van der Waals surface area contributed by atoms with E-state index in [9.17, 15) is 14.0 Å². The summed E-state index contributed by atoms with van der Waals surface area (Å²) in [6.07, 6.45) is 0. The Hall–Kier alpha value is -3.90. The Morgan fingerprint density at radius 2 is 1.76 bits per heavy atom. The van der Waals surface area contributed by atoms with Crippen LogP contribution < -0.4 is 14.8 Å². The van der Waals surface area contributed by atoms with Crippen molar-refractivity contribution in [1.82, 2.24) is 14.8 Å². The van der Waals surface area contributed by atoms with Crippen molar-refractivity contribution < 1.29 is 28.2 Å². The van der Waals surface area contributed by atoms with E-state index in [0.29, 0.717) is 39.6 Å². The van der Waals surface area contributed by atoms with E-state index in [1.165, 1.54) is 54.5 Å². The fraction of sp³-hybridized carbons (Fsp3) is 0.231. The predicted molar refractivity (Wildman–Crippen MR) is 143 cm³/mol. The molecule has 4 aromatic rings. The van der Waals surface area contributed by atoms with E-state index in [1.54, 1.807) is 24.6 Å². The second kappa shape index (κ2) is 12.6. The van der Waals surface area contributed by atoms with Crippen LogP contribution in [0.15, 0.2) is 59.1 Å². The minimum absolute atomic E-state index is 0.0489. The topological polar surface area (TPSA) is 105 Å². The van der Waals surface area contributed by atoms with E-state index in [2.05, 4.69) is 15.5 Å². The van der Waals surface area contributed by atoms with Gasteiger partial charge in [0, 0.05) is 17.5 Å². The SMILES string of the molecule is CCn1c(COc2ccc(F)cc2)nnc1SCC(=O)Nc1scc(-c2ccc(OC)cc2)c1C(=O)OC. The van der Waals surface area contributed by atoms with Crippen molar-refractivity contribution in [3.8, 4) is 22.6 Å². The smallest absolute Gasteiger partial charge is 0.341 e. The standard InChI is InChI=1S/C26H25FN4O5S2/c1-4-31-21(13-36-19-11-7-17(27)8-12-19)29-30-26(31)38-15-22(32)28-24-23(25(33)35-3)20(14-37-24)16-5-9-18(34-2)10-6-16/h5-12,14H,4,13,15H2,1-3H3,(H,28,32). The van der Waals surface area contributed by atoms with Crippen LogP contribution in [0, 0.1) is 5.82 Å². The van der Waals surface area contributed by atoms with Gasteiger partial charge in [0.15, 0.2) is 11.0 Å². The number of halogens is 1. The van der Waals surface area contributed by atoms with Crippen molar-refractivity contribution >= 4 is 40.0 Å². The Bertz CT molecular complexity index is 1400. The number of ether oxygens (including phenoxy) is 3. The van der Waals surface area contributed by atoms with E-state index < -0.39 is 5.97 Å². The lowest BCUT2D eigenvalue weighted by molar-refractivity contribution is -0.113. The lowest BCUT2D eigenvalue weighted by Crippen LogP contribution is -2.16. The minimum atomic E-state index is -0.545. The molecule has 2 heterocycles. The Morgan fingerprint density at radius 3 is 2.42 bits per heavy atom. The number of amides is 1. The number of benzene rings is 2. The van der Waals surface area contributed by atoms with E-state index in [0.717, 1.165) is 5.56 Å². The first-order chi connectivity index (χ1) is 18.4. The van der Waals surface area contributed by atoms with Crippen LogP contribution in [0.3, 0.4) is 0 Å². The first kappa shape index (κ1) is 27.1. The van der Waals surface area contributed by atoms with Crippen LogP contribution in [0.2, 0.25) is 0 Å². The van der Waals surface area contributed by atoms with Gasteiger partial charge in [0.2, 0.25) is 5.91 Å². The number of carbonyl (C=O) groups excluding carboxylic acids is 2. The Kier molecular flexibility index (Phi) is 8.98. The summed E-state index contributed by atoms with van der Waals surface area (Å²) in [5.41, 5.74) is 1.74. The molecule has 0 aliphatic rings. The van der Waals surface area contributed by atoms with Crippen LogP contribution >= 0.6 is 23.1 Å². The van der Waals surface area contributed by atoms with Crippen molar-refractivity contribution in [2.24, 2.45) is 0 Å². The third-order valence-corrected chi connectivity index (χ3v) is 7.32. The molecule has 198 valence electrons. The number of thiophene rings is 1. The van der Waals surface area contributed by atoms with Crippen molar-refractivity contribution in [3.05, 3.63) is 71.1 Å². The van der Waals surface area contributed by atoms with Gasteiger partial charge in [-0.15, -0.1) is 21.5 Å². The molecule has 0 saturated carbocycles. The second-order valence-corrected chi connectivity index (χ2v) is 9.62. The number of thioether (sulfide) groups is 1. The number of hydrogen-bond acceptors (Lipinski definition) is 9. The largest absolute Gasteiger partial charge is 0.497 e. The van der Waals surface area contributed by atoms with Crippen molar-refractivity contribution in [1.29, 1.82) is 0 Å². The van der Waals surface area contributed by atoms with Crippen LogP contribution in [0.25, 0.3) is 11.1 Å². The zero-order valence-electron chi connectivity index (χ0n) is 20.9. The molecular weight excluding hydrogens is 531 g/mol. The van der Waals surface area contributed by atoms with Gasteiger partial charge < -0.3 is 24.1 Å². The quantitative estimate of drug-likeness (QED) is 0.197. The first-order valence-electron chi connectivity index (χ1n) is 11.5. The second-order valence-electron chi connectivity index (χ2n) is 7.80. The minimum Gasteiger partial charge on any atom is -0.497 e. The van der Waals surface area contributed by atoms with Crippen molar-refractivity contribution in [2.45, 2.75) is 25.2 Å². The number of methoxy groups -OCH3 is 2. The van der Waals surface area contributed by atoms with Gasteiger partial charge in [0.25, 0.3) is 0 Å². The van der Waals surface area contributed by atoms with Crippen LogP contribution in [-0.4, -0.2) is 46.6 Å². The van der Waals surface area contributed by atoms with Crippen LogP contribution in [0.4, 0.5) is 9.39 Å². The zero-order valence-corrected chi connectivity index (χ0v) is 22.5. The lowest BCUT2D eigenvalue weighted by atomic mass is 10.0. The highest BCUT2D eigenvalue weighted by Crippen LogP contribution is 2.37. The molecule has 38 heavy (non-hydrogen) atoms.